The molecule has 2 N–H and O–H groups in total. The Morgan fingerprint density at radius 1 is 1.03 bits per heavy atom. The molecule has 0 radical (unpaired) electrons. The van der Waals surface area contributed by atoms with E-state index in [4.69, 9.17) is 9.47 Å². The number of carbonyl (C=O) groups is 3. The molecule has 0 aromatic heterocycles. The minimum atomic E-state index is -2.72. The largest absolute Gasteiger partial charge is 0.462 e. The van der Waals surface area contributed by atoms with Crippen molar-refractivity contribution in [1.29, 1.82) is 0 Å². The molecular formula is C21H25NO7. The highest BCUT2D eigenvalue weighted by Crippen LogP contribution is 2.59. The zero-order chi connectivity index (χ0) is 21.8. The van der Waals surface area contributed by atoms with E-state index < -0.39 is 40.2 Å². The third kappa shape index (κ3) is 2.55. The van der Waals surface area contributed by atoms with Crippen LogP contribution < -0.4 is 0 Å². The van der Waals surface area contributed by atoms with Crippen molar-refractivity contribution in [1.82, 2.24) is 4.90 Å². The van der Waals surface area contributed by atoms with E-state index in [2.05, 4.69) is 0 Å². The number of ketones is 1. The van der Waals surface area contributed by atoms with Crippen LogP contribution in [0.3, 0.4) is 0 Å². The Hall–Kier alpha value is -2.71. The number of hydrogen-bond donors (Lipinski definition) is 2. The molecule has 1 aromatic carbocycles. The first-order valence-electron chi connectivity index (χ1n) is 9.46. The number of ether oxygens (including phenoxy) is 2. The smallest absolute Gasteiger partial charge is 0.355 e. The van der Waals surface area contributed by atoms with Gasteiger partial charge in [-0.15, -0.1) is 0 Å². The summed E-state index contributed by atoms with van der Waals surface area (Å²) in [4.78, 5) is 40.3. The van der Waals surface area contributed by atoms with E-state index in [1.54, 1.807) is 46.8 Å². The first-order chi connectivity index (χ1) is 13.5. The molecule has 3 rings (SSSR count). The number of hydrogen-bond acceptors (Lipinski definition) is 8. The molecule has 0 unspecified atom stereocenters. The van der Waals surface area contributed by atoms with E-state index in [0.29, 0.717) is 0 Å². The van der Waals surface area contributed by atoms with E-state index in [9.17, 15) is 24.6 Å². The van der Waals surface area contributed by atoms with Crippen LogP contribution >= 0.6 is 0 Å². The van der Waals surface area contributed by atoms with Crippen molar-refractivity contribution in [3.05, 3.63) is 46.7 Å². The Bertz CT molecular complexity index is 929. The van der Waals surface area contributed by atoms with Crippen molar-refractivity contribution in [3.8, 4) is 0 Å². The standard InChI is InChI=1S/C21H25NO7/c1-6-28-17(24)14-15(18(25)29-7-2)22(19(3,4)5)21(27)13-11-9-8-10-12(13)16(23)20(14,21)26/h8-11,26-27H,6-7H2,1-5H3/t20-,21+/m0/s1. The predicted molar refractivity (Wildman–Crippen MR) is 102 cm³/mol. The number of rotatable bonds is 4. The molecule has 2 atom stereocenters. The summed E-state index contributed by atoms with van der Waals surface area (Å²) in [6.45, 7) is 8.14. The van der Waals surface area contributed by atoms with Gasteiger partial charge in [-0.3, -0.25) is 4.79 Å². The van der Waals surface area contributed by atoms with Crippen LogP contribution in [0.1, 0.15) is 50.5 Å². The number of aliphatic hydroxyl groups is 2. The van der Waals surface area contributed by atoms with Gasteiger partial charge in [-0.1, -0.05) is 24.3 Å². The molecule has 2 aliphatic rings. The molecule has 156 valence electrons. The molecule has 1 aliphatic carbocycles. The molecule has 1 aliphatic heterocycles. The number of nitrogens with zero attached hydrogens (tertiary/aromatic N) is 1. The Kier molecular flexibility index (Phi) is 4.83. The van der Waals surface area contributed by atoms with Crippen LogP contribution in [0.15, 0.2) is 35.5 Å². The van der Waals surface area contributed by atoms with Crippen molar-refractivity contribution < 1.29 is 34.1 Å². The van der Waals surface area contributed by atoms with Gasteiger partial charge >= 0.3 is 11.9 Å². The van der Waals surface area contributed by atoms with Crippen LogP contribution in [-0.2, 0) is 24.8 Å². The van der Waals surface area contributed by atoms with Crippen LogP contribution in [0.2, 0.25) is 0 Å². The molecule has 0 fully saturated rings. The van der Waals surface area contributed by atoms with Gasteiger partial charge in [-0.25, -0.2) is 9.59 Å². The van der Waals surface area contributed by atoms with Gasteiger partial charge in [0.1, 0.15) is 11.3 Å². The Morgan fingerprint density at radius 2 is 1.59 bits per heavy atom. The highest BCUT2D eigenvalue weighted by atomic mass is 16.5. The van der Waals surface area contributed by atoms with Gasteiger partial charge in [-0.05, 0) is 34.6 Å². The van der Waals surface area contributed by atoms with Crippen molar-refractivity contribution in [2.24, 2.45) is 0 Å². The van der Waals surface area contributed by atoms with Crippen LogP contribution in [0.25, 0.3) is 0 Å². The zero-order valence-corrected chi connectivity index (χ0v) is 17.1. The van der Waals surface area contributed by atoms with Gasteiger partial charge in [0.15, 0.2) is 0 Å². The number of fused-ring (bicyclic) bond motifs is 3. The molecule has 1 heterocycles. The van der Waals surface area contributed by atoms with E-state index in [1.165, 1.54) is 17.0 Å². The third-order valence-corrected chi connectivity index (χ3v) is 5.15. The second-order valence-corrected chi connectivity index (χ2v) is 7.93. The van der Waals surface area contributed by atoms with Gasteiger partial charge < -0.3 is 24.6 Å². The third-order valence-electron chi connectivity index (χ3n) is 5.15. The lowest BCUT2D eigenvalue weighted by atomic mass is 9.84. The maximum Gasteiger partial charge on any atom is 0.355 e. The molecular weight excluding hydrogens is 378 g/mol. The second-order valence-electron chi connectivity index (χ2n) is 7.93. The first-order valence-corrected chi connectivity index (χ1v) is 9.46. The minimum Gasteiger partial charge on any atom is -0.462 e. The predicted octanol–water partition coefficient (Wildman–Crippen LogP) is 1.25. The fourth-order valence-corrected chi connectivity index (χ4v) is 4.21. The van der Waals surface area contributed by atoms with Gasteiger partial charge in [0.05, 0.1) is 13.2 Å². The molecule has 0 spiro atoms. The molecule has 0 amide bonds. The van der Waals surface area contributed by atoms with E-state index in [-0.39, 0.29) is 30.0 Å². The second kappa shape index (κ2) is 6.67. The van der Waals surface area contributed by atoms with E-state index in [0.717, 1.165) is 0 Å². The summed E-state index contributed by atoms with van der Waals surface area (Å²) in [5, 5.41) is 23.5. The SMILES string of the molecule is CCOC(=O)C1=C(C(=O)OCC)[C@]2(O)C(=O)c3ccccc3[C@]2(O)N1C(C)(C)C. The van der Waals surface area contributed by atoms with Gasteiger partial charge in [0, 0.05) is 16.7 Å². The lowest BCUT2D eigenvalue weighted by molar-refractivity contribution is -0.198. The number of esters is 2. The summed E-state index contributed by atoms with van der Waals surface area (Å²) in [5.41, 5.74) is -6.93. The number of benzene rings is 1. The van der Waals surface area contributed by atoms with Crippen LogP contribution in [0.5, 0.6) is 0 Å². The van der Waals surface area contributed by atoms with Crippen molar-refractivity contribution in [2.75, 3.05) is 13.2 Å². The summed E-state index contributed by atoms with van der Waals surface area (Å²) in [7, 11) is 0. The summed E-state index contributed by atoms with van der Waals surface area (Å²) < 4.78 is 10.2. The van der Waals surface area contributed by atoms with Crippen LogP contribution in [-0.4, -0.2) is 57.2 Å². The van der Waals surface area contributed by atoms with E-state index >= 15 is 0 Å². The lowest BCUT2D eigenvalue weighted by Gasteiger charge is -2.47. The van der Waals surface area contributed by atoms with Gasteiger partial charge in [0.25, 0.3) is 0 Å². The summed E-state index contributed by atoms with van der Waals surface area (Å²) in [6.07, 6.45) is 0. The van der Waals surface area contributed by atoms with Crippen molar-refractivity contribution >= 4 is 17.7 Å². The fraction of sp³-hybridized carbons (Fsp3) is 0.476. The summed E-state index contributed by atoms with van der Waals surface area (Å²) >= 11 is 0. The average molecular weight is 403 g/mol. The molecule has 8 nitrogen and oxygen atoms in total. The number of carbonyl (C=O) groups excluding carboxylic acids is 3. The van der Waals surface area contributed by atoms with E-state index in [1.807, 2.05) is 0 Å². The molecule has 8 heteroatoms. The average Bonchev–Trinajstić information content (AvgIpc) is 2.96. The topological polar surface area (TPSA) is 113 Å². The Morgan fingerprint density at radius 3 is 2.14 bits per heavy atom. The Labute approximate surface area is 168 Å². The summed E-state index contributed by atoms with van der Waals surface area (Å²) in [5.74, 6) is -2.89. The van der Waals surface area contributed by atoms with Crippen molar-refractivity contribution in [2.45, 2.75) is 51.5 Å². The monoisotopic (exact) mass is 403 g/mol. The molecule has 1 aromatic rings. The quantitative estimate of drug-likeness (QED) is 0.723. The maximum atomic E-state index is 13.3. The minimum absolute atomic E-state index is 0.00217. The highest BCUT2D eigenvalue weighted by molar-refractivity contribution is 6.19. The normalized spacial score (nSPS) is 25.8. The molecule has 29 heavy (non-hydrogen) atoms. The van der Waals surface area contributed by atoms with Crippen LogP contribution in [0, 0.1) is 0 Å². The highest BCUT2D eigenvalue weighted by Gasteiger charge is 2.76. The lowest BCUT2D eigenvalue weighted by Crippen LogP contribution is -2.62. The number of Topliss-reactive ketones (excluding diaryl/α,β-unsaturated/α-hetero) is 1. The fourth-order valence-electron chi connectivity index (χ4n) is 4.21. The first kappa shape index (κ1) is 21.0. The van der Waals surface area contributed by atoms with Crippen LogP contribution in [0.4, 0.5) is 0 Å². The molecule has 0 saturated carbocycles. The summed E-state index contributed by atoms with van der Waals surface area (Å²) in [6, 6.07) is 6.13. The zero-order valence-electron chi connectivity index (χ0n) is 17.1. The van der Waals surface area contributed by atoms with Gasteiger partial charge in [-0.2, -0.15) is 0 Å². The van der Waals surface area contributed by atoms with Gasteiger partial charge in [0.2, 0.25) is 17.1 Å². The Balaban J connectivity index is 2.43. The molecule has 0 bridgehead atoms. The van der Waals surface area contributed by atoms with Crippen molar-refractivity contribution in [3.63, 3.8) is 0 Å². The maximum absolute atomic E-state index is 13.3. The molecule has 0 saturated heterocycles.